The van der Waals surface area contributed by atoms with Gasteiger partial charge in [-0.3, -0.25) is 0 Å². The van der Waals surface area contributed by atoms with E-state index in [0.29, 0.717) is 11.1 Å². The Bertz CT molecular complexity index is 3350. The molecule has 398 valence electrons. The van der Waals surface area contributed by atoms with Gasteiger partial charge in [0.1, 0.15) is 5.41 Å². The molecule has 0 amide bonds. The standard InChI is InChI=1S/C62H69B4F3O8/c1-52(2)46-28-38-40(44-26-36(65-74-57(11,12)58(13,14)75-65)22-32-20-34(24-42(38)50(32)44)63-70-53(3,4)54(5,6)71-63)30-48(46)61(19,62(67,68)69)49-31-41-39(29-47(49)52)43-25-35(64-72-55(7,8)56(9,10)73-64)21-33-23-37(27-45(41)51(33)43)66-76-59(15,16)60(17,18)77-66/h20-31H,1-19H3. The van der Waals surface area contributed by atoms with Crippen molar-refractivity contribution in [2.24, 2.45) is 0 Å². The number of halogens is 3. The first-order chi connectivity index (χ1) is 35.3. The van der Waals surface area contributed by atoms with Crippen LogP contribution < -0.4 is 21.9 Å². The van der Waals surface area contributed by atoms with Crippen LogP contribution in [-0.4, -0.2) is 79.5 Å². The Labute approximate surface area is 453 Å². The first-order valence-electron chi connectivity index (χ1n) is 27.4. The van der Waals surface area contributed by atoms with Gasteiger partial charge < -0.3 is 37.2 Å². The predicted molar refractivity (Wildman–Crippen MR) is 304 cm³/mol. The summed E-state index contributed by atoms with van der Waals surface area (Å²) in [7, 11) is -2.80. The summed E-state index contributed by atoms with van der Waals surface area (Å²) < 4.78 is 104. The molecule has 4 heterocycles. The quantitative estimate of drug-likeness (QED) is 0.161. The highest BCUT2D eigenvalue weighted by molar-refractivity contribution is 6.65. The average molecular weight is 1040 g/mol. The van der Waals surface area contributed by atoms with Gasteiger partial charge in [0.25, 0.3) is 0 Å². The molecule has 4 fully saturated rings. The van der Waals surface area contributed by atoms with Crippen molar-refractivity contribution in [3.05, 3.63) is 95.1 Å². The Morgan fingerprint density at radius 3 is 0.701 bits per heavy atom. The minimum atomic E-state index is -4.72. The highest BCUT2D eigenvalue weighted by Gasteiger charge is 2.61. The maximum atomic E-state index is 17.0. The lowest BCUT2D eigenvalue weighted by atomic mass is 9.57. The number of fused-ring (bicyclic) bond motifs is 8. The molecule has 3 aliphatic carbocycles. The molecule has 0 bridgehead atoms. The summed E-state index contributed by atoms with van der Waals surface area (Å²) >= 11 is 0. The number of rotatable bonds is 4. The van der Waals surface area contributed by atoms with Crippen molar-refractivity contribution in [3.8, 4) is 44.5 Å². The van der Waals surface area contributed by atoms with Crippen molar-refractivity contribution in [1.29, 1.82) is 0 Å². The minimum Gasteiger partial charge on any atom is -0.399 e. The van der Waals surface area contributed by atoms with Crippen molar-refractivity contribution in [1.82, 2.24) is 0 Å². The molecule has 0 aromatic heterocycles. The topological polar surface area (TPSA) is 73.8 Å². The molecule has 7 aliphatic rings. The van der Waals surface area contributed by atoms with Crippen LogP contribution in [0.4, 0.5) is 13.2 Å². The molecule has 4 saturated heterocycles. The zero-order chi connectivity index (χ0) is 55.5. The monoisotopic (exact) mass is 1040 g/mol. The molecule has 0 unspecified atom stereocenters. The van der Waals surface area contributed by atoms with Gasteiger partial charge in [-0.15, -0.1) is 0 Å². The van der Waals surface area contributed by atoms with Gasteiger partial charge in [-0.2, -0.15) is 13.2 Å². The van der Waals surface area contributed by atoms with Crippen LogP contribution in [-0.2, 0) is 48.1 Å². The van der Waals surface area contributed by atoms with Crippen LogP contribution in [0.2, 0.25) is 0 Å². The van der Waals surface area contributed by atoms with Crippen molar-refractivity contribution in [2.45, 2.75) is 193 Å². The fourth-order valence-electron chi connectivity index (χ4n) is 13.0. The first-order valence-corrected chi connectivity index (χ1v) is 27.4. The van der Waals surface area contributed by atoms with Gasteiger partial charge >= 0.3 is 34.6 Å². The van der Waals surface area contributed by atoms with Gasteiger partial charge in [0.2, 0.25) is 0 Å². The van der Waals surface area contributed by atoms with E-state index >= 15 is 13.2 Å². The summed E-state index contributed by atoms with van der Waals surface area (Å²) in [5, 5.41) is 3.69. The predicted octanol–water partition coefficient (Wildman–Crippen LogP) is 12.0. The van der Waals surface area contributed by atoms with Crippen molar-refractivity contribution in [2.75, 3.05) is 0 Å². The number of alkyl halides is 3. The van der Waals surface area contributed by atoms with E-state index in [-0.39, 0.29) is 11.1 Å². The summed E-state index contributed by atoms with van der Waals surface area (Å²) in [5.41, 5.74) is 3.31. The summed E-state index contributed by atoms with van der Waals surface area (Å²) in [5.74, 6) is 0. The lowest BCUT2D eigenvalue weighted by Gasteiger charge is -2.46. The third kappa shape index (κ3) is 6.87. The largest absolute Gasteiger partial charge is 0.494 e. The van der Waals surface area contributed by atoms with Gasteiger partial charge in [0, 0.05) is 5.41 Å². The van der Waals surface area contributed by atoms with Crippen LogP contribution in [0, 0.1) is 0 Å². The second kappa shape index (κ2) is 15.1. The van der Waals surface area contributed by atoms with Gasteiger partial charge in [-0.25, -0.2) is 0 Å². The number of benzene rings is 6. The zero-order valence-electron chi connectivity index (χ0n) is 48.1. The van der Waals surface area contributed by atoms with Crippen molar-refractivity contribution < 1.29 is 50.4 Å². The van der Waals surface area contributed by atoms with Gasteiger partial charge in [0.05, 0.1) is 44.8 Å². The van der Waals surface area contributed by atoms with Gasteiger partial charge in [0.15, 0.2) is 0 Å². The molecule has 0 saturated carbocycles. The lowest BCUT2D eigenvalue weighted by Crippen LogP contribution is -2.47. The molecular weight excluding hydrogens is 973 g/mol. The highest BCUT2D eigenvalue weighted by Crippen LogP contribution is 2.62. The molecule has 6 aromatic rings. The van der Waals surface area contributed by atoms with Gasteiger partial charge in [-0.1, -0.05) is 62.4 Å². The second-order valence-electron chi connectivity index (χ2n) is 28.0. The fraction of sp³-hybridized carbons (Fsp3) is 0.484. The van der Waals surface area contributed by atoms with E-state index in [1.807, 2.05) is 135 Å². The third-order valence-electron chi connectivity index (χ3n) is 20.8. The van der Waals surface area contributed by atoms with Crippen LogP contribution in [0.25, 0.3) is 66.1 Å². The van der Waals surface area contributed by atoms with Crippen molar-refractivity contribution in [3.63, 3.8) is 0 Å². The molecule has 0 spiro atoms. The normalized spacial score (nSPS) is 24.2. The molecule has 0 atom stereocenters. The van der Waals surface area contributed by atoms with Crippen molar-refractivity contribution >= 4 is 71.9 Å². The molecule has 13 rings (SSSR count). The smallest absolute Gasteiger partial charge is 0.399 e. The molecular formula is C62H69B4F3O8. The number of hydrogen-bond donors (Lipinski definition) is 0. The molecule has 0 radical (unpaired) electrons. The maximum absolute atomic E-state index is 17.0. The molecule has 8 nitrogen and oxygen atoms in total. The fourth-order valence-corrected chi connectivity index (χ4v) is 13.0. The summed E-state index contributed by atoms with van der Waals surface area (Å²) in [4.78, 5) is 0. The van der Waals surface area contributed by atoms with E-state index in [4.69, 9.17) is 37.2 Å². The van der Waals surface area contributed by atoms with Crippen LogP contribution >= 0.6 is 0 Å². The second-order valence-corrected chi connectivity index (χ2v) is 28.0. The van der Waals surface area contributed by atoms with E-state index in [1.165, 1.54) is 6.92 Å². The van der Waals surface area contributed by atoms with Gasteiger partial charge in [-0.05, 0) is 252 Å². The Morgan fingerprint density at radius 2 is 0.494 bits per heavy atom. The van der Waals surface area contributed by atoms with E-state index in [0.717, 1.165) is 87.9 Å². The zero-order valence-corrected chi connectivity index (χ0v) is 48.1. The minimum absolute atomic E-state index is 0.226. The van der Waals surface area contributed by atoms with Crippen LogP contribution in [0.3, 0.4) is 0 Å². The average Bonchev–Trinajstić information content (AvgIpc) is 4.18. The Kier molecular flexibility index (Phi) is 10.2. The Hall–Kier alpha value is -4.43. The third-order valence-corrected chi connectivity index (χ3v) is 20.8. The lowest BCUT2D eigenvalue weighted by molar-refractivity contribution is -0.174. The van der Waals surface area contributed by atoms with Crippen LogP contribution in [0.15, 0.2) is 72.8 Å². The SMILES string of the molecule is CC1(C)c2cc3c(cc2C(C)(C(F)(F)F)c2cc4c(cc21)-c1cc(B2OC(C)(C)C(C)(C)O2)cc2cc(B5OC(C)(C)C(C)(C)O5)cc-4c12)-c1cc(B2OC(C)(C)C(C)(C)O2)cc2cc(B4OC(C)(C)C(C)(C)O4)cc-3c12. The summed E-state index contributed by atoms with van der Waals surface area (Å²) in [6.45, 7) is 38.0. The van der Waals surface area contributed by atoms with Crippen LogP contribution in [0.1, 0.15) is 154 Å². The van der Waals surface area contributed by atoms with Crippen LogP contribution in [0.5, 0.6) is 0 Å². The van der Waals surface area contributed by atoms with E-state index in [9.17, 15) is 0 Å². The number of hydrogen-bond acceptors (Lipinski definition) is 8. The maximum Gasteiger partial charge on any atom is 0.494 e. The highest BCUT2D eigenvalue weighted by atomic mass is 19.4. The van der Waals surface area contributed by atoms with E-state index in [1.54, 1.807) is 0 Å². The molecule has 77 heavy (non-hydrogen) atoms. The summed E-state index contributed by atoms with van der Waals surface area (Å²) in [6.07, 6.45) is -4.72. The molecule has 15 heteroatoms. The summed E-state index contributed by atoms with van der Waals surface area (Å²) in [6, 6.07) is 24.5. The Balaban J connectivity index is 1.03. The molecule has 0 N–H and O–H groups in total. The van der Waals surface area contributed by atoms with E-state index in [2.05, 4.69) is 62.4 Å². The Morgan fingerprint density at radius 1 is 0.286 bits per heavy atom. The first kappa shape index (κ1) is 52.0. The van der Waals surface area contributed by atoms with E-state index < -0.39 is 90.3 Å². The molecule has 4 aliphatic heterocycles. The molecule has 6 aromatic carbocycles.